The number of nitrogens with one attached hydrogen (secondary N) is 2. The molecule has 0 aromatic heterocycles. The Morgan fingerprint density at radius 3 is 2.74 bits per heavy atom. The van der Waals surface area contributed by atoms with Gasteiger partial charge in [-0.2, -0.15) is 0 Å². The van der Waals surface area contributed by atoms with Crippen LogP contribution in [-0.2, 0) is 11.3 Å². The molecule has 2 rings (SSSR count). The van der Waals surface area contributed by atoms with E-state index in [9.17, 15) is 9.18 Å². The number of carbonyl (C=O) groups is 1. The lowest BCUT2D eigenvalue weighted by Gasteiger charge is -2.22. The standard InChI is InChI=1S/C17H24ClFN2O2/c1-17(2,3)23-16(22)21-10-14(11-7-8-11)20-9-12-5-4-6-13(18)15(12)19/h4-6,11,14,20H,7-10H2,1-3H3,(H,21,22). The van der Waals surface area contributed by atoms with Gasteiger partial charge in [-0.1, -0.05) is 23.7 Å². The highest BCUT2D eigenvalue weighted by molar-refractivity contribution is 6.30. The third kappa shape index (κ3) is 5.99. The lowest BCUT2D eigenvalue weighted by molar-refractivity contribution is 0.0521. The van der Waals surface area contributed by atoms with Gasteiger partial charge in [0, 0.05) is 24.7 Å². The summed E-state index contributed by atoms with van der Waals surface area (Å²) in [6.45, 7) is 6.31. The van der Waals surface area contributed by atoms with E-state index in [-0.39, 0.29) is 11.1 Å². The summed E-state index contributed by atoms with van der Waals surface area (Å²) in [6.07, 6.45) is 1.80. The first-order chi connectivity index (χ1) is 10.8. The van der Waals surface area contributed by atoms with Crippen molar-refractivity contribution in [3.05, 3.63) is 34.6 Å². The first-order valence-electron chi connectivity index (χ1n) is 7.89. The molecule has 1 aromatic carbocycles. The van der Waals surface area contributed by atoms with Crippen molar-refractivity contribution in [2.75, 3.05) is 6.54 Å². The highest BCUT2D eigenvalue weighted by Gasteiger charge is 2.31. The van der Waals surface area contributed by atoms with Crippen molar-refractivity contribution in [2.45, 2.75) is 51.8 Å². The van der Waals surface area contributed by atoms with Gasteiger partial charge in [0.15, 0.2) is 0 Å². The highest BCUT2D eigenvalue weighted by atomic mass is 35.5. The van der Waals surface area contributed by atoms with E-state index < -0.39 is 17.5 Å². The van der Waals surface area contributed by atoms with Crippen LogP contribution < -0.4 is 10.6 Å². The Balaban J connectivity index is 1.85. The Kier molecular flexibility index (Phi) is 5.87. The first kappa shape index (κ1) is 18.0. The topological polar surface area (TPSA) is 50.4 Å². The summed E-state index contributed by atoms with van der Waals surface area (Å²) in [4.78, 5) is 11.7. The van der Waals surface area contributed by atoms with E-state index in [1.54, 1.807) is 12.1 Å². The number of benzene rings is 1. The Hall–Kier alpha value is -1.33. The van der Waals surface area contributed by atoms with Crippen LogP contribution in [-0.4, -0.2) is 24.3 Å². The van der Waals surface area contributed by atoms with Gasteiger partial charge in [-0.05, 0) is 45.6 Å². The summed E-state index contributed by atoms with van der Waals surface area (Å²) in [6, 6.07) is 5.07. The monoisotopic (exact) mass is 342 g/mol. The fourth-order valence-corrected chi connectivity index (χ4v) is 2.53. The Bertz CT molecular complexity index is 556. The molecule has 23 heavy (non-hydrogen) atoms. The molecule has 1 amide bonds. The van der Waals surface area contributed by atoms with E-state index in [2.05, 4.69) is 10.6 Å². The van der Waals surface area contributed by atoms with Crippen molar-refractivity contribution in [3.8, 4) is 0 Å². The van der Waals surface area contributed by atoms with Crippen LogP contribution >= 0.6 is 11.6 Å². The molecule has 1 atom stereocenters. The van der Waals surface area contributed by atoms with E-state index in [0.717, 1.165) is 12.8 Å². The molecule has 6 heteroatoms. The zero-order valence-electron chi connectivity index (χ0n) is 13.8. The van der Waals surface area contributed by atoms with Crippen molar-refractivity contribution in [1.82, 2.24) is 10.6 Å². The lowest BCUT2D eigenvalue weighted by atomic mass is 10.1. The minimum absolute atomic E-state index is 0.0981. The van der Waals surface area contributed by atoms with E-state index in [1.807, 2.05) is 20.8 Å². The van der Waals surface area contributed by atoms with Crippen LogP contribution in [0.4, 0.5) is 9.18 Å². The van der Waals surface area contributed by atoms with Gasteiger partial charge in [0.2, 0.25) is 0 Å². The van der Waals surface area contributed by atoms with E-state index in [4.69, 9.17) is 16.3 Å². The number of ether oxygens (including phenoxy) is 1. The maximum atomic E-state index is 13.9. The summed E-state index contributed by atoms with van der Waals surface area (Å²) in [5.74, 6) is 0.114. The van der Waals surface area contributed by atoms with Gasteiger partial charge in [-0.3, -0.25) is 0 Å². The molecule has 0 bridgehead atoms. The minimum atomic E-state index is -0.517. The summed E-state index contributed by atoms with van der Waals surface area (Å²) in [5.41, 5.74) is 0.0108. The lowest BCUT2D eigenvalue weighted by Crippen LogP contribution is -2.43. The van der Waals surface area contributed by atoms with E-state index >= 15 is 0 Å². The van der Waals surface area contributed by atoms with E-state index in [1.165, 1.54) is 6.07 Å². The third-order valence-electron chi connectivity index (χ3n) is 3.64. The molecule has 1 fully saturated rings. The van der Waals surface area contributed by atoms with Gasteiger partial charge < -0.3 is 15.4 Å². The summed E-state index contributed by atoms with van der Waals surface area (Å²) < 4.78 is 19.1. The molecule has 0 saturated heterocycles. The number of alkyl carbamates (subject to hydrolysis) is 1. The van der Waals surface area contributed by atoms with Crippen molar-refractivity contribution >= 4 is 17.7 Å². The average molecular weight is 343 g/mol. The summed E-state index contributed by atoms with van der Waals surface area (Å²) in [5, 5.41) is 6.22. The molecule has 4 nitrogen and oxygen atoms in total. The predicted molar refractivity (Wildman–Crippen MR) is 89.0 cm³/mol. The summed E-state index contributed by atoms with van der Waals surface area (Å²) >= 11 is 5.79. The van der Waals surface area contributed by atoms with Crippen LogP contribution in [0.5, 0.6) is 0 Å². The molecule has 1 aliphatic carbocycles. The van der Waals surface area contributed by atoms with Crippen LogP contribution in [0.3, 0.4) is 0 Å². The molecule has 0 radical (unpaired) electrons. The molecular weight excluding hydrogens is 319 g/mol. The zero-order chi connectivity index (χ0) is 17.0. The Labute approximate surface area is 141 Å². The van der Waals surface area contributed by atoms with Crippen molar-refractivity contribution in [3.63, 3.8) is 0 Å². The maximum absolute atomic E-state index is 13.9. The molecule has 0 heterocycles. The number of rotatable bonds is 6. The predicted octanol–water partition coefficient (Wildman–Crippen LogP) is 3.87. The van der Waals surface area contributed by atoms with Crippen molar-refractivity contribution < 1.29 is 13.9 Å². The zero-order valence-corrected chi connectivity index (χ0v) is 14.5. The smallest absolute Gasteiger partial charge is 0.407 e. The molecular formula is C17H24ClFN2O2. The van der Waals surface area contributed by atoms with Crippen molar-refractivity contribution in [1.29, 1.82) is 0 Å². The number of hydrogen-bond donors (Lipinski definition) is 2. The molecule has 1 unspecified atom stereocenters. The van der Waals surface area contributed by atoms with Crippen LogP contribution in [0.25, 0.3) is 0 Å². The fourth-order valence-electron chi connectivity index (χ4n) is 2.34. The average Bonchev–Trinajstić information content (AvgIpc) is 3.25. The molecule has 1 aliphatic rings. The fraction of sp³-hybridized carbons (Fsp3) is 0.588. The van der Waals surface area contributed by atoms with Gasteiger partial charge in [0.1, 0.15) is 11.4 Å². The molecule has 128 valence electrons. The summed E-state index contributed by atoms with van der Waals surface area (Å²) in [7, 11) is 0. The largest absolute Gasteiger partial charge is 0.444 e. The molecule has 0 aliphatic heterocycles. The number of amides is 1. The molecule has 2 N–H and O–H groups in total. The molecule has 1 aromatic rings. The van der Waals surface area contributed by atoms with Crippen LogP contribution in [0.15, 0.2) is 18.2 Å². The molecule has 1 saturated carbocycles. The normalized spacial score (nSPS) is 16.0. The van der Waals surface area contributed by atoms with Gasteiger partial charge in [-0.15, -0.1) is 0 Å². The quantitative estimate of drug-likeness (QED) is 0.825. The second kappa shape index (κ2) is 7.49. The van der Waals surface area contributed by atoms with Crippen LogP contribution in [0, 0.1) is 11.7 Å². The van der Waals surface area contributed by atoms with Crippen LogP contribution in [0.1, 0.15) is 39.2 Å². The third-order valence-corrected chi connectivity index (χ3v) is 3.93. The molecule has 0 spiro atoms. The Morgan fingerprint density at radius 2 is 2.13 bits per heavy atom. The van der Waals surface area contributed by atoms with Crippen molar-refractivity contribution in [2.24, 2.45) is 5.92 Å². The number of hydrogen-bond acceptors (Lipinski definition) is 3. The second-order valence-electron chi connectivity index (χ2n) is 6.92. The van der Waals surface area contributed by atoms with Gasteiger partial charge >= 0.3 is 6.09 Å². The van der Waals surface area contributed by atoms with Gasteiger partial charge in [-0.25, -0.2) is 9.18 Å². The maximum Gasteiger partial charge on any atom is 0.407 e. The SMILES string of the molecule is CC(C)(C)OC(=O)NCC(NCc1cccc(Cl)c1F)C1CC1. The number of halogens is 2. The van der Waals surface area contributed by atoms with Gasteiger partial charge in [0.05, 0.1) is 5.02 Å². The Morgan fingerprint density at radius 1 is 1.43 bits per heavy atom. The van der Waals surface area contributed by atoms with E-state index in [0.29, 0.717) is 24.6 Å². The van der Waals surface area contributed by atoms with Crippen LogP contribution in [0.2, 0.25) is 5.02 Å². The second-order valence-corrected chi connectivity index (χ2v) is 7.33. The first-order valence-corrected chi connectivity index (χ1v) is 8.27. The number of carbonyl (C=O) groups excluding carboxylic acids is 1. The highest BCUT2D eigenvalue weighted by Crippen LogP contribution is 2.32. The minimum Gasteiger partial charge on any atom is -0.444 e. The van der Waals surface area contributed by atoms with Gasteiger partial charge in [0.25, 0.3) is 0 Å².